The molecular weight excluding hydrogens is 424 g/mol. The largest absolute Gasteiger partial charge is 0.473 e. The van der Waals surface area contributed by atoms with Crippen LogP contribution in [-0.2, 0) is 11.8 Å². The smallest absolute Gasteiger partial charge is 0.426 e. The van der Waals surface area contributed by atoms with Crippen LogP contribution in [0, 0.1) is 0 Å². The van der Waals surface area contributed by atoms with Gasteiger partial charge in [-0.3, -0.25) is 0 Å². The zero-order valence-electron chi connectivity index (χ0n) is 15.4. The average Bonchev–Trinajstić information content (AvgIpc) is 3.10. The highest BCUT2D eigenvalue weighted by atomic mass is 19.4. The summed E-state index contributed by atoms with van der Waals surface area (Å²) in [6.45, 7) is 1.48. The molecule has 8 nitrogen and oxygen atoms in total. The van der Waals surface area contributed by atoms with Gasteiger partial charge in [0.2, 0.25) is 11.5 Å². The van der Waals surface area contributed by atoms with Gasteiger partial charge in [-0.1, -0.05) is 0 Å². The number of hydrogen-bond acceptors (Lipinski definition) is 8. The molecule has 0 aromatic carbocycles. The molecule has 2 aromatic heterocycles. The van der Waals surface area contributed by atoms with Gasteiger partial charge in [-0.2, -0.15) is 26.3 Å². The second kappa shape index (κ2) is 7.58. The summed E-state index contributed by atoms with van der Waals surface area (Å²) in [4.78, 5) is 3.68. The summed E-state index contributed by atoms with van der Waals surface area (Å²) in [6, 6.07) is 0.517. The number of fused-ring (bicyclic) bond motifs is 5. The van der Waals surface area contributed by atoms with Gasteiger partial charge >= 0.3 is 12.4 Å². The Bertz CT molecular complexity index is 916. The number of halogens is 6. The van der Waals surface area contributed by atoms with E-state index >= 15 is 0 Å². The number of nitrogen functional groups attached to an aromatic ring is 1. The molecule has 3 rings (SSSR count). The molecule has 1 aliphatic rings. The minimum atomic E-state index is -5.14. The van der Waals surface area contributed by atoms with Crippen LogP contribution in [0.25, 0.3) is 11.6 Å². The lowest BCUT2D eigenvalue weighted by atomic mass is 9.96. The Morgan fingerprint density at radius 3 is 2.57 bits per heavy atom. The van der Waals surface area contributed by atoms with Crippen LogP contribution in [-0.4, -0.2) is 45.7 Å². The number of aliphatic hydroxyl groups is 1. The van der Waals surface area contributed by atoms with Crippen LogP contribution >= 0.6 is 0 Å². The quantitative estimate of drug-likeness (QED) is 0.534. The molecule has 0 spiro atoms. The molecule has 0 fully saturated rings. The van der Waals surface area contributed by atoms with Crippen molar-refractivity contribution in [3.05, 3.63) is 17.5 Å². The average molecular weight is 441 g/mol. The molecule has 0 unspecified atom stereocenters. The zero-order valence-corrected chi connectivity index (χ0v) is 15.4. The first-order chi connectivity index (χ1) is 13.8. The van der Waals surface area contributed by atoms with Gasteiger partial charge < -0.3 is 25.3 Å². The van der Waals surface area contributed by atoms with Crippen molar-refractivity contribution in [2.75, 3.05) is 18.8 Å². The minimum absolute atomic E-state index is 0.0135. The second-order valence-corrected chi connectivity index (χ2v) is 6.78. The molecule has 0 amide bonds. The SMILES string of the molecule is C[C@@H]1CNCCC[C@](O)(C(F)(F)F)c2nnc(o2)-c2nc(c(C(F)(F)F)cc2N)O1. The molecule has 3 heterocycles. The highest BCUT2D eigenvalue weighted by Gasteiger charge is 2.58. The maximum Gasteiger partial charge on any atom is 0.426 e. The fourth-order valence-corrected chi connectivity index (χ4v) is 2.84. The number of nitrogens with one attached hydrogen (secondary N) is 1. The predicted molar refractivity (Wildman–Crippen MR) is 89.1 cm³/mol. The van der Waals surface area contributed by atoms with Gasteiger partial charge in [0.1, 0.15) is 11.7 Å². The lowest BCUT2D eigenvalue weighted by molar-refractivity contribution is -0.277. The first-order valence-electron chi connectivity index (χ1n) is 8.71. The van der Waals surface area contributed by atoms with Crippen molar-refractivity contribution >= 4 is 5.69 Å². The van der Waals surface area contributed by atoms with Gasteiger partial charge in [0.25, 0.3) is 11.8 Å². The van der Waals surface area contributed by atoms with Crippen molar-refractivity contribution in [1.82, 2.24) is 20.5 Å². The lowest BCUT2D eigenvalue weighted by Crippen LogP contribution is -2.43. The standard InChI is InChI=1S/C16H17F6N5O3/c1-7-6-24-4-2-3-14(28,16(20,21)22)13-27-26-12(30-13)10-9(23)5-8(15(17,18)19)11(25-10)29-7/h5,7,24,28H,2-4,6,23H2,1H3/t7-,14-/m1/s1. The molecule has 166 valence electrons. The summed E-state index contributed by atoms with van der Waals surface area (Å²) < 4.78 is 90.9. The number of nitrogens with zero attached hydrogens (tertiary/aromatic N) is 3. The molecule has 1 aliphatic heterocycles. The van der Waals surface area contributed by atoms with Crippen LogP contribution in [0.3, 0.4) is 0 Å². The summed E-state index contributed by atoms with van der Waals surface area (Å²) >= 11 is 0. The summed E-state index contributed by atoms with van der Waals surface area (Å²) in [5.74, 6) is -2.70. The maximum atomic E-state index is 13.5. The number of rotatable bonds is 0. The van der Waals surface area contributed by atoms with Crippen molar-refractivity contribution in [1.29, 1.82) is 0 Å². The van der Waals surface area contributed by atoms with Crippen LogP contribution in [0.5, 0.6) is 5.88 Å². The second-order valence-electron chi connectivity index (χ2n) is 6.78. The van der Waals surface area contributed by atoms with E-state index in [-0.39, 0.29) is 19.5 Å². The monoisotopic (exact) mass is 441 g/mol. The Kier molecular flexibility index (Phi) is 5.58. The van der Waals surface area contributed by atoms with E-state index in [0.717, 1.165) is 0 Å². The molecule has 2 aromatic rings. The van der Waals surface area contributed by atoms with Gasteiger partial charge in [0.15, 0.2) is 5.69 Å². The van der Waals surface area contributed by atoms with Crippen molar-refractivity contribution in [2.45, 2.75) is 43.8 Å². The van der Waals surface area contributed by atoms with E-state index in [1.165, 1.54) is 6.92 Å². The Morgan fingerprint density at radius 2 is 1.93 bits per heavy atom. The molecule has 30 heavy (non-hydrogen) atoms. The van der Waals surface area contributed by atoms with Crippen molar-refractivity contribution in [2.24, 2.45) is 0 Å². The Morgan fingerprint density at radius 1 is 1.23 bits per heavy atom. The molecule has 0 radical (unpaired) electrons. The van der Waals surface area contributed by atoms with E-state index in [9.17, 15) is 31.4 Å². The third kappa shape index (κ3) is 4.14. The maximum absolute atomic E-state index is 13.5. The summed E-state index contributed by atoms with van der Waals surface area (Å²) in [5, 5.41) is 19.6. The number of hydrogen-bond donors (Lipinski definition) is 3. The van der Waals surface area contributed by atoms with Gasteiger partial charge in [-0.25, -0.2) is 4.98 Å². The van der Waals surface area contributed by atoms with Crippen LogP contribution in [0.1, 0.15) is 31.2 Å². The highest BCUT2D eigenvalue weighted by molar-refractivity contribution is 5.68. The molecule has 4 bridgehead atoms. The van der Waals surface area contributed by atoms with E-state index in [1.54, 1.807) is 0 Å². The Balaban J connectivity index is 2.17. The number of alkyl halides is 6. The van der Waals surface area contributed by atoms with E-state index in [0.29, 0.717) is 6.07 Å². The lowest BCUT2D eigenvalue weighted by Gasteiger charge is -2.27. The van der Waals surface area contributed by atoms with Gasteiger partial charge in [-0.05, 0) is 32.4 Å². The predicted octanol–water partition coefficient (Wildman–Crippen LogP) is 2.63. The van der Waals surface area contributed by atoms with Crippen molar-refractivity contribution in [3.8, 4) is 17.5 Å². The molecule has 0 aliphatic carbocycles. The van der Waals surface area contributed by atoms with E-state index in [2.05, 4.69) is 20.5 Å². The van der Waals surface area contributed by atoms with E-state index < -0.39 is 65.1 Å². The number of ether oxygens (including phenoxy) is 1. The van der Waals surface area contributed by atoms with Gasteiger partial charge in [0.05, 0.1) is 5.69 Å². The molecule has 0 saturated heterocycles. The zero-order chi connectivity index (χ0) is 22.3. The normalized spacial score (nSPS) is 23.5. The first kappa shape index (κ1) is 22.1. The molecular formula is C16H17F6N5O3. The number of aromatic nitrogens is 3. The fraction of sp³-hybridized carbons (Fsp3) is 0.562. The Hall–Kier alpha value is -2.61. The number of nitrogens with two attached hydrogens (primary N) is 1. The van der Waals surface area contributed by atoms with E-state index in [4.69, 9.17) is 14.9 Å². The van der Waals surface area contributed by atoms with Gasteiger partial charge in [-0.15, -0.1) is 10.2 Å². The molecule has 4 N–H and O–H groups in total. The summed E-state index contributed by atoms with van der Waals surface area (Å²) in [5.41, 5.74) is -0.177. The topological polar surface area (TPSA) is 119 Å². The summed E-state index contributed by atoms with van der Waals surface area (Å²) in [7, 11) is 0. The molecule has 0 saturated carbocycles. The van der Waals surface area contributed by atoms with Gasteiger partial charge in [0, 0.05) is 6.54 Å². The molecule has 2 atom stereocenters. The Labute approximate surface area is 165 Å². The van der Waals surface area contributed by atoms with Crippen LogP contribution < -0.4 is 15.8 Å². The summed E-state index contributed by atoms with van der Waals surface area (Å²) in [6.07, 6.45) is -11.8. The third-order valence-corrected chi connectivity index (χ3v) is 4.41. The highest BCUT2D eigenvalue weighted by Crippen LogP contribution is 2.43. The van der Waals surface area contributed by atoms with Crippen LogP contribution in [0.15, 0.2) is 10.5 Å². The molecule has 14 heteroatoms. The third-order valence-electron chi connectivity index (χ3n) is 4.41. The van der Waals surface area contributed by atoms with Crippen molar-refractivity contribution in [3.63, 3.8) is 0 Å². The fourth-order valence-electron chi connectivity index (χ4n) is 2.84. The van der Waals surface area contributed by atoms with E-state index in [1.807, 2.05) is 0 Å². The van der Waals surface area contributed by atoms with Crippen molar-refractivity contribution < 1.29 is 40.6 Å². The van der Waals surface area contributed by atoms with Crippen LogP contribution in [0.2, 0.25) is 0 Å². The first-order valence-corrected chi connectivity index (χ1v) is 8.71. The number of anilines is 1. The minimum Gasteiger partial charge on any atom is -0.473 e. The number of pyridine rings is 1. The van der Waals surface area contributed by atoms with Crippen LogP contribution in [0.4, 0.5) is 32.0 Å².